The SMILES string of the molecule is FC(F)(F)c1ccc(CCOc2ccccc2OCC=C(Cl)Cl)cc1. The largest absolute Gasteiger partial charge is 0.489 e. The predicted octanol–water partition coefficient (Wildman–Crippen LogP) is 6.02. The van der Waals surface area contributed by atoms with Gasteiger partial charge in [0.25, 0.3) is 0 Å². The summed E-state index contributed by atoms with van der Waals surface area (Å²) in [5.74, 6) is 1.06. The molecule has 0 atom stereocenters. The summed E-state index contributed by atoms with van der Waals surface area (Å²) in [6.07, 6.45) is -2.35. The van der Waals surface area contributed by atoms with Gasteiger partial charge in [0.1, 0.15) is 11.1 Å². The van der Waals surface area contributed by atoms with E-state index in [-0.39, 0.29) is 11.1 Å². The normalized spacial score (nSPS) is 11.1. The maximum absolute atomic E-state index is 12.5. The molecule has 0 saturated heterocycles. The van der Waals surface area contributed by atoms with Crippen LogP contribution in [0.4, 0.5) is 13.2 Å². The minimum Gasteiger partial charge on any atom is -0.489 e. The smallest absolute Gasteiger partial charge is 0.416 e. The van der Waals surface area contributed by atoms with Crippen molar-refractivity contribution >= 4 is 23.2 Å². The van der Waals surface area contributed by atoms with Crippen LogP contribution in [0.2, 0.25) is 0 Å². The molecule has 0 aliphatic carbocycles. The molecule has 25 heavy (non-hydrogen) atoms. The van der Waals surface area contributed by atoms with E-state index in [1.807, 2.05) is 0 Å². The fraction of sp³-hybridized carbons (Fsp3) is 0.222. The van der Waals surface area contributed by atoms with Crippen molar-refractivity contribution in [2.75, 3.05) is 13.2 Å². The van der Waals surface area contributed by atoms with E-state index in [0.717, 1.165) is 17.7 Å². The van der Waals surface area contributed by atoms with Crippen LogP contribution in [0.5, 0.6) is 11.5 Å². The van der Waals surface area contributed by atoms with Gasteiger partial charge in [-0.05, 0) is 35.9 Å². The molecule has 2 aromatic rings. The Kier molecular flexibility index (Phi) is 7.02. The molecule has 0 aromatic heterocycles. The summed E-state index contributed by atoms with van der Waals surface area (Å²) in [4.78, 5) is 0. The van der Waals surface area contributed by atoms with Crippen molar-refractivity contribution in [1.29, 1.82) is 0 Å². The highest BCUT2D eigenvalue weighted by Crippen LogP contribution is 2.29. The van der Waals surface area contributed by atoms with Gasteiger partial charge in [0, 0.05) is 6.42 Å². The van der Waals surface area contributed by atoms with E-state index in [4.69, 9.17) is 32.7 Å². The Morgan fingerprint density at radius 2 is 1.52 bits per heavy atom. The maximum atomic E-state index is 12.5. The number of hydrogen-bond acceptors (Lipinski definition) is 2. The lowest BCUT2D eigenvalue weighted by atomic mass is 10.1. The van der Waals surface area contributed by atoms with Crippen LogP contribution >= 0.6 is 23.2 Å². The predicted molar refractivity (Wildman–Crippen MR) is 92.4 cm³/mol. The van der Waals surface area contributed by atoms with Crippen LogP contribution in [0.25, 0.3) is 0 Å². The van der Waals surface area contributed by atoms with Gasteiger partial charge in [0.2, 0.25) is 0 Å². The van der Waals surface area contributed by atoms with Gasteiger partial charge in [-0.3, -0.25) is 0 Å². The first kappa shape index (κ1) is 19.5. The van der Waals surface area contributed by atoms with Crippen LogP contribution in [0, 0.1) is 0 Å². The van der Waals surface area contributed by atoms with Gasteiger partial charge in [-0.25, -0.2) is 0 Å². The van der Waals surface area contributed by atoms with Crippen molar-refractivity contribution in [3.63, 3.8) is 0 Å². The van der Waals surface area contributed by atoms with Crippen LogP contribution < -0.4 is 9.47 Å². The third kappa shape index (κ3) is 6.52. The number of alkyl halides is 3. The first-order valence-electron chi connectivity index (χ1n) is 7.38. The van der Waals surface area contributed by atoms with Crippen LogP contribution in [0.15, 0.2) is 59.1 Å². The minimum atomic E-state index is -4.33. The highest BCUT2D eigenvalue weighted by atomic mass is 35.5. The summed E-state index contributed by atoms with van der Waals surface area (Å²) in [6.45, 7) is 0.499. The first-order chi connectivity index (χ1) is 11.9. The standard InChI is InChI=1S/C18H15Cl2F3O2/c19-17(20)10-12-25-16-4-2-1-3-15(16)24-11-9-13-5-7-14(8-6-13)18(21,22)23/h1-8,10H,9,11-12H2. The van der Waals surface area contributed by atoms with Crippen molar-refractivity contribution in [2.24, 2.45) is 0 Å². The summed E-state index contributed by atoms with van der Waals surface area (Å²) in [5.41, 5.74) is 0.0881. The van der Waals surface area contributed by atoms with Crippen molar-refractivity contribution in [1.82, 2.24) is 0 Å². The maximum Gasteiger partial charge on any atom is 0.416 e. The molecule has 0 saturated carbocycles. The molecule has 0 aliphatic rings. The molecule has 0 fully saturated rings. The van der Waals surface area contributed by atoms with Crippen LogP contribution in [0.1, 0.15) is 11.1 Å². The van der Waals surface area contributed by atoms with Crippen molar-refractivity contribution < 1.29 is 22.6 Å². The van der Waals surface area contributed by atoms with E-state index >= 15 is 0 Å². The molecule has 134 valence electrons. The average molecular weight is 391 g/mol. The molecule has 0 bridgehead atoms. The fourth-order valence-electron chi connectivity index (χ4n) is 2.02. The quantitative estimate of drug-likeness (QED) is 0.574. The Morgan fingerprint density at radius 3 is 2.08 bits per heavy atom. The van der Waals surface area contributed by atoms with Gasteiger partial charge in [-0.15, -0.1) is 0 Å². The second kappa shape index (κ2) is 9.02. The third-order valence-electron chi connectivity index (χ3n) is 3.26. The molecule has 2 aromatic carbocycles. The first-order valence-corrected chi connectivity index (χ1v) is 8.14. The molecule has 2 rings (SSSR count). The summed E-state index contributed by atoms with van der Waals surface area (Å²) >= 11 is 11.0. The Morgan fingerprint density at radius 1 is 0.920 bits per heavy atom. The second-order valence-electron chi connectivity index (χ2n) is 5.04. The van der Waals surface area contributed by atoms with Gasteiger partial charge in [-0.1, -0.05) is 47.5 Å². The lowest BCUT2D eigenvalue weighted by molar-refractivity contribution is -0.137. The molecule has 0 unspecified atom stereocenters. The zero-order chi connectivity index (χ0) is 18.3. The lowest BCUT2D eigenvalue weighted by Crippen LogP contribution is -2.06. The number of benzene rings is 2. The molecule has 0 radical (unpaired) electrons. The van der Waals surface area contributed by atoms with Gasteiger partial charge in [0.15, 0.2) is 11.5 Å². The Bertz CT molecular complexity index is 709. The molecular weight excluding hydrogens is 376 g/mol. The average Bonchev–Trinajstić information content (AvgIpc) is 2.55. The zero-order valence-corrected chi connectivity index (χ0v) is 14.5. The number of ether oxygens (including phenoxy) is 2. The van der Waals surface area contributed by atoms with Crippen molar-refractivity contribution in [2.45, 2.75) is 12.6 Å². The number of para-hydroxylation sites is 2. The number of rotatable bonds is 7. The topological polar surface area (TPSA) is 18.5 Å². The number of halogens is 5. The highest BCUT2D eigenvalue weighted by Gasteiger charge is 2.29. The van der Waals surface area contributed by atoms with E-state index < -0.39 is 11.7 Å². The molecule has 2 nitrogen and oxygen atoms in total. The highest BCUT2D eigenvalue weighted by molar-refractivity contribution is 6.55. The van der Waals surface area contributed by atoms with Crippen molar-refractivity contribution in [3.05, 3.63) is 70.2 Å². The lowest BCUT2D eigenvalue weighted by Gasteiger charge is -2.12. The Hall–Kier alpha value is -1.85. The van der Waals surface area contributed by atoms with E-state index in [1.54, 1.807) is 24.3 Å². The van der Waals surface area contributed by atoms with Crippen LogP contribution in [0.3, 0.4) is 0 Å². The van der Waals surface area contributed by atoms with Crippen LogP contribution in [-0.2, 0) is 12.6 Å². The molecular formula is C18H15Cl2F3O2. The van der Waals surface area contributed by atoms with E-state index in [1.165, 1.54) is 18.2 Å². The van der Waals surface area contributed by atoms with E-state index in [0.29, 0.717) is 24.5 Å². The molecule has 0 N–H and O–H groups in total. The summed E-state index contributed by atoms with van der Waals surface area (Å²) in [5, 5.41) is 0. The van der Waals surface area contributed by atoms with E-state index in [2.05, 4.69) is 0 Å². The third-order valence-corrected chi connectivity index (χ3v) is 3.56. The summed E-state index contributed by atoms with van der Waals surface area (Å²) in [6, 6.07) is 12.1. The fourth-order valence-corrected chi connectivity index (χ4v) is 2.15. The molecule has 0 heterocycles. The second-order valence-corrected chi connectivity index (χ2v) is 6.05. The molecule has 0 spiro atoms. The minimum absolute atomic E-state index is 0.112. The van der Waals surface area contributed by atoms with Crippen LogP contribution in [-0.4, -0.2) is 13.2 Å². The summed E-state index contributed by atoms with van der Waals surface area (Å²) in [7, 11) is 0. The van der Waals surface area contributed by atoms with Gasteiger partial charge in [-0.2, -0.15) is 13.2 Å². The molecule has 0 aliphatic heterocycles. The Labute approximate surface area is 153 Å². The van der Waals surface area contributed by atoms with Gasteiger partial charge >= 0.3 is 6.18 Å². The Balaban J connectivity index is 1.90. The molecule has 7 heteroatoms. The summed E-state index contributed by atoms with van der Waals surface area (Å²) < 4.78 is 48.9. The van der Waals surface area contributed by atoms with Gasteiger partial charge < -0.3 is 9.47 Å². The molecule has 0 amide bonds. The number of hydrogen-bond donors (Lipinski definition) is 0. The van der Waals surface area contributed by atoms with Crippen molar-refractivity contribution in [3.8, 4) is 11.5 Å². The zero-order valence-electron chi connectivity index (χ0n) is 13.0. The monoisotopic (exact) mass is 390 g/mol. The van der Waals surface area contributed by atoms with E-state index in [9.17, 15) is 13.2 Å². The van der Waals surface area contributed by atoms with Gasteiger partial charge in [0.05, 0.1) is 12.2 Å².